The molecule has 2 aromatic rings. The van der Waals surface area contributed by atoms with Crippen LogP contribution in [0.4, 0.5) is 0 Å². The first kappa shape index (κ1) is 18.2. The normalized spacial score (nSPS) is 17.6. The molecule has 1 aliphatic rings. The number of ether oxygens (including phenoxy) is 1. The molecule has 1 atom stereocenters. The summed E-state index contributed by atoms with van der Waals surface area (Å²) in [6.07, 6.45) is 2.18. The number of likely N-dealkylation sites (tertiary alicyclic amines) is 1. The lowest BCUT2D eigenvalue weighted by Gasteiger charge is -2.27. The molecule has 2 heterocycles. The maximum Gasteiger partial charge on any atom is 0.236 e. The van der Waals surface area contributed by atoms with Crippen LogP contribution in [0.2, 0.25) is 4.34 Å². The van der Waals surface area contributed by atoms with Crippen molar-refractivity contribution in [3.05, 3.63) is 51.2 Å². The Morgan fingerprint density at radius 3 is 2.96 bits per heavy atom. The van der Waals surface area contributed by atoms with Gasteiger partial charge in [-0.1, -0.05) is 23.7 Å². The summed E-state index contributed by atoms with van der Waals surface area (Å²) in [4.78, 5) is 17.8. The van der Waals surface area contributed by atoms with E-state index in [1.807, 2.05) is 31.3 Å². The third kappa shape index (κ3) is 4.54. The molecule has 6 heteroatoms. The van der Waals surface area contributed by atoms with Crippen LogP contribution in [0.3, 0.4) is 0 Å². The summed E-state index contributed by atoms with van der Waals surface area (Å²) in [5.74, 6) is 1.00. The summed E-state index contributed by atoms with van der Waals surface area (Å²) in [5.41, 5.74) is 1.22. The summed E-state index contributed by atoms with van der Waals surface area (Å²) < 4.78 is 6.09. The van der Waals surface area contributed by atoms with Gasteiger partial charge >= 0.3 is 0 Å². The molecule has 25 heavy (non-hydrogen) atoms. The molecule has 1 saturated heterocycles. The molecule has 1 fully saturated rings. The number of rotatable bonds is 6. The minimum Gasteiger partial charge on any atom is -0.497 e. The molecular formula is C19H23ClN2O2S. The predicted octanol–water partition coefficient (Wildman–Crippen LogP) is 4.21. The minimum absolute atomic E-state index is 0.138. The number of carbonyl (C=O) groups is 1. The molecular weight excluding hydrogens is 356 g/mol. The van der Waals surface area contributed by atoms with Crippen LogP contribution in [0, 0.1) is 0 Å². The molecule has 4 nitrogen and oxygen atoms in total. The zero-order valence-electron chi connectivity index (χ0n) is 14.6. The first-order valence-electron chi connectivity index (χ1n) is 8.43. The zero-order chi connectivity index (χ0) is 17.8. The fraction of sp³-hybridized carbons (Fsp3) is 0.421. The van der Waals surface area contributed by atoms with Crippen molar-refractivity contribution in [2.45, 2.75) is 25.4 Å². The average Bonchev–Trinajstić information content (AvgIpc) is 3.23. The largest absolute Gasteiger partial charge is 0.497 e. The Morgan fingerprint density at radius 2 is 2.24 bits per heavy atom. The molecule has 134 valence electrons. The second-order valence-corrected chi connectivity index (χ2v) is 8.16. The molecule has 1 aromatic carbocycles. The topological polar surface area (TPSA) is 32.8 Å². The van der Waals surface area contributed by atoms with Gasteiger partial charge in [0.2, 0.25) is 5.91 Å². The number of halogens is 1. The minimum atomic E-state index is 0.138. The quantitative estimate of drug-likeness (QED) is 0.755. The van der Waals surface area contributed by atoms with Gasteiger partial charge in [-0.15, -0.1) is 11.3 Å². The van der Waals surface area contributed by atoms with E-state index in [0.717, 1.165) is 34.3 Å². The van der Waals surface area contributed by atoms with E-state index in [1.165, 1.54) is 16.9 Å². The van der Waals surface area contributed by atoms with Crippen LogP contribution in [-0.4, -0.2) is 43.0 Å². The number of thiophene rings is 1. The third-order valence-corrected chi connectivity index (χ3v) is 5.84. The van der Waals surface area contributed by atoms with Crippen molar-refractivity contribution >= 4 is 28.8 Å². The SMILES string of the molecule is COc1cccc(C2CCCN2CC(=O)N(C)Cc2ccc(Cl)s2)c1. The number of likely N-dealkylation sites (N-methyl/N-ethyl adjacent to an activating group) is 1. The Balaban J connectivity index is 1.63. The number of hydrogen-bond donors (Lipinski definition) is 0. The van der Waals surface area contributed by atoms with Crippen LogP contribution in [-0.2, 0) is 11.3 Å². The molecule has 1 amide bonds. The van der Waals surface area contributed by atoms with Gasteiger partial charge in [0.1, 0.15) is 5.75 Å². The highest BCUT2D eigenvalue weighted by Gasteiger charge is 2.28. The van der Waals surface area contributed by atoms with E-state index in [1.54, 1.807) is 12.0 Å². The highest BCUT2D eigenvalue weighted by Crippen LogP contribution is 2.33. The van der Waals surface area contributed by atoms with Crippen molar-refractivity contribution in [3.63, 3.8) is 0 Å². The summed E-state index contributed by atoms with van der Waals surface area (Å²) >= 11 is 7.49. The molecule has 1 unspecified atom stereocenters. The molecule has 3 rings (SSSR count). The molecule has 0 radical (unpaired) electrons. The Hall–Kier alpha value is -1.56. The Morgan fingerprint density at radius 1 is 1.40 bits per heavy atom. The highest BCUT2D eigenvalue weighted by atomic mass is 35.5. The van der Waals surface area contributed by atoms with E-state index in [4.69, 9.17) is 16.3 Å². The van der Waals surface area contributed by atoms with Gasteiger partial charge in [-0.25, -0.2) is 0 Å². The number of carbonyl (C=O) groups excluding carboxylic acids is 1. The van der Waals surface area contributed by atoms with Gasteiger partial charge < -0.3 is 9.64 Å². The standard InChI is InChI=1S/C19H23ClN2O2S/c1-21(12-16-8-9-18(20)25-16)19(23)13-22-10-4-7-17(22)14-5-3-6-15(11-14)24-2/h3,5-6,8-9,11,17H,4,7,10,12-13H2,1-2H3. The molecule has 0 aliphatic carbocycles. The second kappa shape index (κ2) is 8.21. The number of hydrogen-bond acceptors (Lipinski definition) is 4. The molecule has 0 bridgehead atoms. The molecule has 1 aromatic heterocycles. The maximum absolute atomic E-state index is 12.6. The van der Waals surface area contributed by atoms with Gasteiger partial charge in [-0.2, -0.15) is 0 Å². The van der Waals surface area contributed by atoms with Crippen molar-refractivity contribution in [1.82, 2.24) is 9.80 Å². The average molecular weight is 379 g/mol. The smallest absolute Gasteiger partial charge is 0.236 e. The van der Waals surface area contributed by atoms with Gasteiger partial charge in [0.05, 0.1) is 24.5 Å². The van der Waals surface area contributed by atoms with Gasteiger partial charge in [0.15, 0.2) is 0 Å². The van der Waals surface area contributed by atoms with Crippen LogP contribution < -0.4 is 4.74 Å². The summed E-state index contributed by atoms with van der Waals surface area (Å²) in [6, 6.07) is 12.3. The van der Waals surface area contributed by atoms with Gasteiger partial charge in [0, 0.05) is 18.0 Å². The summed E-state index contributed by atoms with van der Waals surface area (Å²) in [7, 11) is 3.54. The molecule has 0 N–H and O–H groups in total. The highest BCUT2D eigenvalue weighted by molar-refractivity contribution is 7.16. The first-order valence-corrected chi connectivity index (χ1v) is 9.62. The lowest BCUT2D eigenvalue weighted by Crippen LogP contribution is -2.37. The molecule has 0 saturated carbocycles. The van der Waals surface area contributed by atoms with Crippen LogP contribution >= 0.6 is 22.9 Å². The third-order valence-electron chi connectivity index (χ3n) is 4.63. The molecule has 1 aliphatic heterocycles. The summed E-state index contributed by atoms with van der Waals surface area (Å²) in [6.45, 7) is 2.00. The number of nitrogens with zero attached hydrogens (tertiary/aromatic N) is 2. The monoisotopic (exact) mass is 378 g/mol. The van der Waals surface area contributed by atoms with Gasteiger partial charge in [-0.05, 0) is 49.2 Å². The van der Waals surface area contributed by atoms with Gasteiger partial charge in [0.25, 0.3) is 0 Å². The van der Waals surface area contributed by atoms with E-state index < -0.39 is 0 Å². The van der Waals surface area contributed by atoms with E-state index in [2.05, 4.69) is 17.0 Å². The van der Waals surface area contributed by atoms with Crippen molar-refractivity contribution in [2.24, 2.45) is 0 Å². The van der Waals surface area contributed by atoms with Crippen molar-refractivity contribution in [2.75, 3.05) is 27.2 Å². The number of methoxy groups -OCH3 is 1. The lowest BCUT2D eigenvalue weighted by molar-refractivity contribution is -0.131. The molecule has 0 spiro atoms. The van der Waals surface area contributed by atoms with Crippen molar-refractivity contribution in [1.29, 1.82) is 0 Å². The van der Waals surface area contributed by atoms with E-state index >= 15 is 0 Å². The predicted molar refractivity (Wildman–Crippen MR) is 102 cm³/mol. The van der Waals surface area contributed by atoms with Crippen LogP contribution in [0.5, 0.6) is 5.75 Å². The number of amides is 1. The van der Waals surface area contributed by atoms with E-state index in [9.17, 15) is 4.79 Å². The number of benzene rings is 1. The Kier molecular flexibility index (Phi) is 5.99. The zero-order valence-corrected chi connectivity index (χ0v) is 16.1. The maximum atomic E-state index is 12.6. The second-order valence-electron chi connectivity index (χ2n) is 6.36. The van der Waals surface area contributed by atoms with Gasteiger partial charge in [-0.3, -0.25) is 9.69 Å². The van der Waals surface area contributed by atoms with Crippen LogP contribution in [0.25, 0.3) is 0 Å². The van der Waals surface area contributed by atoms with Crippen LogP contribution in [0.15, 0.2) is 36.4 Å². The summed E-state index contributed by atoms with van der Waals surface area (Å²) in [5, 5.41) is 0. The first-order chi connectivity index (χ1) is 12.1. The Labute approximate surface area is 158 Å². The van der Waals surface area contributed by atoms with Crippen molar-refractivity contribution in [3.8, 4) is 5.75 Å². The van der Waals surface area contributed by atoms with Crippen LogP contribution in [0.1, 0.15) is 29.3 Å². The van der Waals surface area contributed by atoms with E-state index in [0.29, 0.717) is 13.1 Å². The van der Waals surface area contributed by atoms with Crippen molar-refractivity contribution < 1.29 is 9.53 Å². The lowest BCUT2D eigenvalue weighted by atomic mass is 10.0. The van der Waals surface area contributed by atoms with E-state index in [-0.39, 0.29) is 11.9 Å². The fourth-order valence-corrected chi connectivity index (χ4v) is 4.44. The fourth-order valence-electron chi connectivity index (χ4n) is 3.29. The Bertz CT molecular complexity index is 734.